The van der Waals surface area contributed by atoms with E-state index in [4.69, 9.17) is 4.42 Å². The van der Waals surface area contributed by atoms with Gasteiger partial charge in [-0.2, -0.15) is 0 Å². The number of anilines is 2. The van der Waals surface area contributed by atoms with Gasteiger partial charge in [-0.25, -0.2) is 15.0 Å². The lowest BCUT2D eigenvalue weighted by molar-refractivity contribution is 0.0543. The van der Waals surface area contributed by atoms with E-state index in [1.807, 2.05) is 36.9 Å². The molecule has 0 aliphatic carbocycles. The lowest BCUT2D eigenvalue weighted by Crippen LogP contribution is -2.59. The van der Waals surface area contributed by atoms with Gasteiger partial charge < -0.3 is 24.2 Å². The summed E-state index contributed by atoms with van der Waals surface area (Å²) in [6, 6.07) is 5.43. The number of aromatic nitrogens is 3. The zero-order chi connectivity index (χ0) is 23.1. The van der Waals surface area contributed by atoms with Gasteiger partial charge in [-0.15, -0.1) is 0 Å². The molecule has 2 saturated heterocycles. The van der Waals surface area contributed by atoms with Gasteiger partial charge in [-0.05, 0) is 45.7 Å². The third-order valence-corrected chi connectivity index (χ3v) is 6.55. The highest BCUT2D eigenvalue weighted by Gasteiger charge is 2.35. The fourth-order valence-electron chi connectivity index (χ4n) is 5.01. The summed E-state index contributed by atoms with van der Waals surface area (Å²) in [6.07, 6.45) is 5.01. The molecule has 0 aromatic carbocycles. The predicted molar refractivity (Wildman–Crippen MR) is 125 cm³/mol. The van der Waals surface area contributed by atoms with Crippen LogP contribution >= 0.6 is 0 Å². The SMILES string of the molecule is CC(O)c1nccc(N2CC(C)N(C(=O)c3cc4c(N5CCCC5)nccc4o3)C(C)C2)n1. The number of hydrogen-bond donors (Lipinski definition) is 1. The standard InChI is InChI=1S/C24H30N6O3/c1-15-13-29(21-7-9-25-22(27-21)17(3)31)14-16(2)30(15)24(32)20-12-18-19(33-20)6-8-26-23(18)28-10-4-5-11-28/h6-9,12,15-17,31H,4-5,10-11,13-14H2,1-3H3. The first-order chi connectivity index (χ1) is 15.9. The highest BCUT2D eigenvalue weighted by atomic mass is 16.3. The smallest absolute Gasteiger partial charge is 0.290 e. The Hall–Kier alpha value is -3.20. The lowest BCUT2D eigenvalue weighted by atomic mass is 10.1. The summed E-state index contributed by atoms with van der Waals surface area (Å²) in [5, 5.41) is 10.7. The molecule has 3 aromatic heterocycles. The van der Waals surface area contributed by atoms with E-state index in [0.717, 1.165) is 43.0 Å². The Labute approximate surface area is 193 Å². The summed E-state index contributed by atoms with van der Waals surface area (Å²) in [5.41, 5.74) is 0.695. The number of aliphatic hydroxyl groups is 1. The molecular weight excluding hydrogens is 420 g/mol. The normalized spacial score (nSPS) is 22.2. The molecule has 0 spiro atoms. The summed E-state index contributed by atoms with van der Waals surface area (Å²) in [4.78, 5) is 33.0. The van der Waals surface area contributed by atoms with Gasteiger partial charge in [0.2, 0.25) is 0 Å². The van der Waals surface area contributed by atoms with Gasteiger partial charge in [0, 0.05) is 56.7 Å². The second-order valence-electron chi connectivity index (χ2n) is 9.12. The van der Waals surface area contributed by atoms with Crippen LogP contribution in [-0.4, -0.2) is 69.1 Å². The number of furan rings is 1. The molecule has 3 unspecified atom stereocenters. The van der Waals surface area contributed by atoms with Crippen LogP contribution in [0.4, 0.5) is 11.6 Å². The van der Waals surface area contributed by atoms with Crippen LogP contribution in [0.1, 0.15) is 56.1 Å². The van der Waals surface area contributed by atoms with Crippen LogP contribution in [0.3, 0.4) is 0 Å². The Kier molecular flexibility index (Phi) is 5.65. The molecule has 3 atom stereocenters. The average Bonchev–Trinajstić information content (AvgIpc) is 3.48. The molecule has 2 aliphatic heterocycles. The molecule has 3 aromatic rings. The maximum atomic E-state index is 13.5. The van der Waals surface area contributed by atoms with Crippen LogP contribution in [0.2, 0.25) is 0 Å². The number of amides is 1. The molecule has 9 heteroatoms. The van der Waals surface area contributed by atoms with E-state index >= 15 is 0 Å². The summed E-state index contributed by atoms with van der Waals surface area (Å²) < 4.78 is 6.01. The van der Waals surface area contributed by atoms with Crippen molar-refractivity contribution in [2.24, 2.45) is 0 Å². The summed E-state index contributed by atoms with van der Waals surface area (Å²) >= 11 is 0. The quantitative estimate of drug-likeness (QED) is 0.648. The van der Waals surface area contributed by atoms with Crippen LogP contribution in [0, 0.1) is 0 Å². The average molecular weight is 451 g/mol. The second kappa shape index (κ2) is 8.62. The fourth-order valence-corrected chi connectivity index (χ4v) is 5.01. The molecule has 9 nitrogen and oxygen atoms in total. The number of carbonyl (C=O) groups excluding carboxylic acids is 1. The number of carbonyl (C=O) groups is 1. The minimum absolute atomic E-state index is 0.0457. The molecule has 5 heterocycles. The molecule has 0 bridgehead atoms. The minimum Gasteiger partial charge on any atom is -0.451 e. The zero-order valence-corrected chi connectivity index (χ0v) is 19.3. The highest BCUT2D eigenvalue weighted by molar-refractivity contribution is 5.99. The topological polar surface area (TPSA) is 98.8 Å². The number of nitrogens with zero attached hydrogens (tertiary/aromatic N) is 6. The van der Waals surface area contributed by atoms with Crippen molar-refractivity contribution in [2.45, 2.75) is 51.8 Å². The number of aliphatic hydroxyl groups excluding tert-OH is 1. The van der Waals surface area contributed by atoms with E-state index in [9.17, 15) is 9.90 Å². The summed E-state index contributed by atoms with van der Waals surface area (Å²) in [6.45, 7) is 8.96. The van der Waals surface area contributed by atoms with E-state index in [1.165, 1.54) is 0 Å². The number of pyridine rings is 1. The lowest BCUT2D eigenvalue weighted by Gasteiger charge is -2.44. The Morgan fingerprint density at radius 3 is 2.48 bits per heavy atom. The van der Waals surface area contributed by atoms with E-state index < -0.39 is 6.10 Å². The van der Waals surface area contributed by atoms with E-state index in [-0.39, 0.29) is 18.0 Å². The predicted octanol–water partition coefficient (Wildman–Crippen LogP) is 3.01. The molecule has 33 heavy (non-hydrogen) atoms. The molecule has 2 aliphatic rings. The molecule has 1 N–H and O–H groups in total. The van der Waals surface area contributed by atoms with E-state index in [2.05, 4.69) is 24.8 Å². The van der Waals surface area contributed by atoms with Crippen molar-refractivity contribution in [1.82, 2.24) is 19.9 Å². The summed E-state index contributed by atoms with van der Waals surface area (Å²) in [5.74, 6) is 2.30. The number of piperazine rings is 1. The number of hydrogen-bond acceptors (Lipinski definition) is 8. The molecule has 174 valence electrons. The molecule has 2 fully saturated rings. The largest absolute Gasteiger partial charge is 0.451 e. The molecular formula is C24H30N6O3. The van der Waals surface area contributed by atoms with Gasteiger partial charge >= 0.3 is 0 Å². The van der Waals surface area contributed by atoms with Crippen LogP contribution in [0.5, 0.6) is 0 Å². The first kappa shape index (κ1) is 21.6. The first-order valence-corrected chi connectivity index (χ1v) is 11.6. The summed E-state index contributed by atoms with van der Waals surface area (Å²) in [7, 11) is 0. The van der Waals surface area contributed by atoms with Crippen molar-refractivity contribution in [2.75, 3.05) is 36.0 Å². The Morgan fingerprint density at radius 2 is 1.79 bits per heavy atom. The van der Waals surface area contributed by atoms with Crippen molar-refractivity contribution in [1.29, 1.82) is 0 Å². The van der Waals surface area contributed by atoms with Gasteiger partial charge in [0.05, 0.1) is 5.39 Å². The minimum atomic E-state index is -0.726. The van der Waals surface area contributed by atoms with Crippen molar-refractivity contribution >= 4 is 28.5 Å². The Morgan fingerprint density at radius 1 is 1.09 bits per heavy atom. The maximum Gasteiger partial charge on any atom is 0.290 e. The first-order valence-electron chi connectivity index (χ1n) is 11.6. The molecule has 1 amide bonds. The van der Waals surface area contributed by atoms with Gasteiger partial charge in [-0.1, -0.05) is 0 Å². The third-order valence-electron chi connectivity index (χ3n) is 6.55. The van der Waals surface area contributed by atoms with Gasteiger partial charge in [0.1, 0.15) is 23.3 Å². The molecule has 5 rings (SSSR count). The third kappa shape index (κ3) is 4.01. The van der Waals surface area contributed by atoms with Crippen molar-refractivity contribution < 1.29 is 14.3 Å². The van der Waals surface area contributed by atoms with Gasteiger partial charge in [0.25, 0.3) is 5.91 Å². The fraction of sp³-hybridized carbons (Fsp3) is 0.500. The van der Waals surface area contributed by atoms with Crippen LogP contribution in [0.25, 0.3) is 11.0 Å². The maximum absolute atomic E-state index is 13.5. The van der Waals surface area contributed by atoms with Crippen LogP contribution < -0.4 is 9.80 Å². The highest BCUT2D eigenvalue weighted by Crippen LogP contribution is 2.31. The van der Waals surface area contributed by atoms with E-state index in [1.54, 1.807) is 19.3 Å². The van der Waals surface area contributed by atoms with Gasteiger partial charge in [0.15, 0.2) is 11.6 Å². The molecule has 0 saturated carbocycles. The Bertz CT molecular complexity index is 1140. The van der Waals surface area contributed by atoms with Crippen molar-refractivity contribution in [3.63, 3.8) is 0 Å². The van der Waals surface area contributed by atoms with Gasteiger partial charge in [-0.3, -0.25) is 4.79 Å². The Balaban J connectivity index is 1.38. The van der Waals surface area contributed by atoms with Crippen LogP contribution in [0.15, 0.2) is 35.0 Å². The van der Waals surface area contributed by atoms with Crippen LogP contribution in [-0.2, 0) is 0 Å². The monoisotopic (exact) mass is 450 g/mol. The van der Waals surface area contributed by atoms with Crippen molar-refractivity contribution in [3.8, 4) is 0 Å². The number of rotatable bonds is 4. The zero-order valence-electron chi connectivity index (χ0n) is 19.3. The second-order valence-corrected chi connectivity index (χ2v) is 9.12. The number of fused-ring (bicyclic) bond motifs is 1. The van der Waals surface area contributed by atoms with Crippen molar-refractivity contribution in [3.05, 3.63) is 42.2 Å². The molecule has 0 radical (unpaired) electrons. The van der Waals surface area contributed by atoms with E-state index in [0.29, 0.717) is 30.3 Å².